The molecule has 15 heavy (non-hydrogen) atoms. The Morgan fingerprint density at radius 2 is 1.93 bits per heavy atom. The Hall–Kier alpha value is 0.260. The van der Waals surface area contributed by atoms with Gasteiger partial charge in [0, 0.05) is 22.4 Å². The molecule has 0 unspecified atom stereocenters. The molecule has 1 heterocycles. The van der Waals surface area contributed by atoms with Gasteiger partial charge in [-0.1, -0.05) is 12.1 Å². The standard InChI is InChI=1S/C12H16INS/c13-12-4-2-11(3-5-12)10-14-6-1-8-15-9-7-14/h2-5H,1,6-10H2. The molecule has 1 aromatic rings. The number of hydrogen-bond acceptors (Lipinski definition) is 2. The summed E-state index contributed by atoms with van der Waals surface area (Å²) in [6.45, 7) is 3.63. The number of benzene rings is 1. The number of nitrogens with zero attached hydrogens (tertiary/aromatic N) is 1. The topological polar surface area (TPSA) is 3.24 Å². The zero-order valence-corrected chi connectivity index (χ0v) is 11.8. The Bertz CT molecular complexity index is 291. The van der Waals surface area contributed by atoms with Crippen molar-refractivity contribution in [2.45, 2.75) is 13.0 Å². The number of thioether (sulfide) groups is 1. The molecule has 0 saturated carbocycles. The second kappa shape index (κ2) is 6.11. The zero-order chi connectivity index (χ0) is 10.5. The Balaban J connectivity index is 1.92. The quantitative estimate of drug-likeness (QED) is 0.765. The van der Waals surface area contributed by atoms with E-state index >= 15 is 0 Å². The monoisotopic (exact) mass is 333 g/mol. The van der Waals surface area contributed by atoms with Crippen LogP contribution in [0, 0.1) is 3.57 Å². The van der Waals surface area contributed by atoms with Gasteiger partial charge in [0.05, 0.1) is 0 Å². The second-order valence-electron chi connectivity index (χ2n) is 3.87. The molecule has 1 aliphatic heterocycles. The molecule has 1 aromatic carbocycles. The first-order valence-electron chi connectivity index (χ1n) is 5.39. The van der Waals surface area contributed by atoms with E-state index in [4.69, 9.17) is 0 Å². The average Bonchev–Trinajstić information content (AvgIpc) is 2.50. The molecule has 0 amide bonds. The fourth-order valence-electron chi connectivity index (χ4n) is 1.80. The molecule has 0 radical (unpaired) electrons. The lowest BCUT2D eigenvalue weighted by Gasteiger charge is -2.19. The van der Waals surface area contributed by atoms with Crippen LogP contribution in [0.1, 0.15) is 12.0 Å². The Labute approximate surface area is 110 Å². The molecular weight excluding hydrogens is 317 g/mol. The summed E-state index contributed by atoms with van der Waals surface area (Å²) in [7, 11) is 0. The SMILES string of the molecule is Ic1ccc(CN2CCCSCC2)cc1. The molecule has 1 aliphatic rings. The van der Waals surface area contributed by atoms with Crippen molar-refractivity contribution in [3.8, 4) is 0 Å². The lowest BCUT2D eigenvalue weighted by Crippen LogP contribution is -2.25. The van der Waals surface area contributed by atoms with Gasteiger partial charge in [0.15, 0.2) is 0 Å². The molecule has 1 fully saturated rings. The largest absolute Gasteiger partial charge is 0.298 e. The predicted molar refractivity (Wildman–Crippen MR) is 76.4 cm³/mol. The van der Waals surface area contributed by atoms with Gasteiger partial charge in [-0.3, -0.25) is 4.90 Å². The van der Waals surface area contributed by atoms with Crippen LogP contribution in [0.2, 0.25) is 0 Å². The maximum absolute atomic E-state index is 2.57. The van der Waals surface area contributed by atoms with Crippen LogP contribution >= 0.6 is 34.4 Å². The third-order valence-corrected chi connectivity index (χ3v) is 4.40. The highest BCUT2D eigenvalue weighted by Gasteiger charge is 2.09. The third kappa shape index (κ3) is 3.96. The van der Waals surface area contributed by atoms with E-state index in [-0.39, 0.29) is 0 Å². The van der Waals surface area contributed by atoms with Crippen LogP contribution in [-0.2, 0) is 6.54 Å². The molecule has 3 heteroatoms. The normalized spacial score (nSPS) is 18.7. The second-order valence-corrected chi connectivity index (χ2v) is 6.34. The molecule has 0 N–H and O–H groups in total. The van der Waals surface area contributed by atoms with Gasteiger partial charge in [-0.25, -0.2) is 0 Å². The van der Waals surface area contributed by atoms with Crippen LogP contribution in [0.25, 0.3) is 0 Å². The molecule has 0 bridgehead atoms. The van der Waals surface area contributed by atoms with E-state index in [1.807, 2.05) is 0 Å². The summed E-state index contributed by atoms with van der Waals surface area (Å²) in [5.74, 6) is 2.63. The lowest BCUT2D eigenvalue weighted by atomic mass is 10.2. The van der Waals surface area contributed by atoms with Gasteiger partial charge in [-0.15, -0.1) is 0 Å². The predicted octanol–water partition coefficient (Wildman–Crippen LogP) is 3.23. The first-order chi connectivity index (χ1) is 7.34. The summed E-state index contributed by atoms with van der Waals surface area (Å²) >= 11 is 4.45. The summed E-state index contributed by atoms with van der Waals surface area (Å²) < 4.78 is 1.32. The van der Waals surface area contributed by atoms with E-state index in [1.54, 1.807) is 0 Å². The molecule has 1 saturated heterocycles. The maximum Gasteiger partial charge on any atom is 0.0234 e. The molecule has 82 valence electrons. The van der Waals surface area contributed by atoms with Gasteiger partial charge >= 0.3 is 0 Å². The van der Waals surface area contributed by atoms with Crippen molar-refractivity contribution in [1.29, 1.82) is 0 Å². The minimum absolute atomic E-state index is 1.12. The number of rotatable bonds is 2. The Kier molecular flexibility index (Phi) is 4.78. The van der Waals surface area contributed by atoms with Crippen molar-refractivity contribution in [1.82, 2.24) is 4.90 Å². The van der Waals surface area contributed by atoms with E-state index in [1.165, 1.54) is 40.1 Å². The van der Waals surface area contributed by atoms with Crippen LogP contribution in [-0.4, -0.2) is 29.5 Å². The van der Waals surface area contributed by atoms with Crippen LogP contribution in [0.15, 0.2) is 24.3 Å². The summed E-state index contributed by atoms with van der Waals surface area (Å²) in [5.41, 5.74) is 1.45. The highest BCUT2D eigenvalue weighted by atomic mass is 127. The Morgan fingerprint density at radius 3 is 2.73 bits per heavy atom. The fourth-order valence-corrected chi connectivity index (χ4v) is 3.09. The van der Waals surface area contributed by atoms with Gasteiger partial charge < -0.3 is 0 Å². The summed E-state index contributed by atoms with van der Waals surface area (Å²) in [6.07, 6.45) is 1.34. The molecule has 0 aromatic heterocycles. The van der Waals surface area contributed by atoms with Crippen LogP contribution in [0.4, 0.5) is 0 Å². The minimum Gasteiger partial charge on any atom is -0.298 e. The average molecular weight is 333 g/mol. The Morgan fingerprint density at radius 1 is 1.13 bits per heavy atom. The first-order valence-corrected chi connectivity index (χ1v) is 7.62. The van der Waals surface area contributed by atoms with Crippen molar-refractivity contribution < 1.29 is 0 Å². The minimum atomic E-state index is 1.12. The van der Waals surface area contributed by atoms with Crippen molar-refractivity contribution in [2.24, 2.45) is 0 Å². The van der Waals surface area contributed by atoms with Crippen molar-refractivity contribution in [3.05, 3.63) is 33.4 Å². The molecule has 0 spiro atoms. The van der Waals surface area contributed by atoms with Crippen LogP contribution < -0.4 is 0 Å². The lowest BCUT2D eigenvalue weighted by molar-refractivity contribution is 0.287. The fraction of sp³-hybridized carbons (Fsp3) is 0.500. The third-order valence-electron chi connectivity index (χ3n) is 2.63. The van der Waals surface area contributed by atoms with Gasteiger partial charge in [0.25, 0.3) is 0 Å². The van der Waals surface area contributed by atoms with Crippen LogP contribution in [0.5, 0.6) is 0 Å². The van der Waals surface area contributed by atoms with Gasteiger partial charge in [0.2, 0.25) is 0 Å². The van der Waals surface area contributed by atoms with Gasteiger partial charge in [0.1, 0.15) is 0 Å². The smallest absolute Gasteiger partial charge is 0.0234 e. The highest BCUT2D eigenvalue weighted by Crippen LogP contribution is 2.14. The summed E-state index contributed by atoms with van der Waals surface area (Å²) in [6, 6.07) is 8.89. The zero-order valence-electron chi connectivity index (χ0n) is 8.79. The molecular formula is C12H16INS. The van der Waals surface area contributed by atoms with E-state index in [2.05, 4.69) is 63.5 Å². The van der Waals surface area contributed by atoms with Crippen molar-refractivity contribution in [3.63, 3.8) is 0 Å². The summed E-state index contributed by atoms with van der Waals surface area (Å²) in [4.78, 5) is 2.57. The van der Waals surface area contributed by atoms with Crippen molar-refractivity contribution >= 4 is 34.4 Å². The first kappa shape index (κ1) is 11.7. The molecule has 1 nitrogen and oxygen atoms in total. The van der Waals surface area contributed by atoms with Gasteiger partial charge in [-0.05, 0) is 59.0 Å². The van der Waals surface area contributed by atoms with Gasteiger partial charge in [-0.2, -0.15) is 11.8 Å². The van der Waals surface area contributed by atoms with Crippen molar-refractivity contribution in [2.75, 3.05) is 24.6 Å². The number of hydrogen-bond donors (Lipinski definition) is 0. The van der Waals surface area contributed by atoms with E-state index in [0.29, 0.717) is 0 Å². The molecule has 0 aliphatic carbocycles. The van der Waals surface area contributed by atoms with Crippen LogP contribution in [0.3, 0.4) is 0 Å². The number of halogens is 1. The maximum atomic E-state index is 2.57. The van der Waals surface area contributed by atoms with E-state index < -0.39 is 0 Å². The van der Waals surface area contributed by atoms with E-state index in [0.717, 1.165) is 6.54 Å². The van der Waals surface area contributed by atoms with E-state index in [9.17, 15) is 0 Å². The molecule has 2 rings (SSSR count). The summed E-state index contributed by atoms with van der Waals surface area (Å²) in [5, 5.41) is 0. The molecule has 0 atom stereocenters. The highest BCUT2D eigenvalue weighted by molar-refractivity contribution is 14.1.